The topological polar surface area (TPSA) is 46.1 Å². The van der Waals surface area contributed by atoms with E-state index < -0.39 is 23.5 Å². The Morgan fingerprint density at radius 2 is 1.55 bits per heavy atom. The van der Waals surface area contributed by atoms with Crippen LogP contribution in [0.5, 0.6) is 0 Å². The Hall–Kier alpha value is -2.65. The number of amides is 1. The molecule has 1 aromatic carbocycles. The molecule has 1 saturated heterocycles. The van der Waals surface area contributed by atoms with E-state index in [1.165, 1.54) is 12.4 Å². The lowest BCUT2D eigenvalue weighted by atomic mass is 10.0. The molecule has 1 unspecified atom stereocenters. The lowest BCUT2D eigenvalue weighted by Gasteiger charge is -2.38. The molecule has 0 aliphatic carbocycles. The third kappa shape index (κ3) is 4.86. The van der Waals surface area contributed by atoms with Crippen molar-refractivity contribution in [2.24, 2.45) is 0 Å². The highest BCUT2D eigenvalue weighted by molar-refractivity contribution is 5.94. The Morgan fingerprint density at radius 3 is 1.97 bits per heavy atom. The van der Waals surface area contributed by atoms with Crippen molar-refractivity contribution in [3.63, 3.8) is 0 Å². The first-order valence-electron chi connectivity index (χ1n) is 8.85. The van der Waals surface area contributed by atoms with Gasteiger partial charge in [0, 0.05) is 31.4 Å². The van der Waals surface area contributed by atoms with E-state index in [-0.39, 0.29) is 42.2 Å². The number of hydrogen-bond donors (Lipinski definition) is 0. The van der Waals surface area contributed by atoms with Gasteiger partial charge in [-0.05, 0) is 43.5 Å². The third-order valence-electron chi connectivity index (χ3n) is 4.82. The maximum atomic E-state index is 12.9. The Labute approximate surface area is 162 Å². The lowest BCUT2D eigenvalue weighted by molar-refractivity contribution is -0.143. The number of aryl methyl sites for hydroxylation is 2. The second-order valence-electron chi connectivity index (χ2n) is 6.94. The van der Waals surface area contributed by atoms with Crippen molar-refractivity contribution in [2.45, 2.75) is 44.6 Å². The van der Waals surface area contributed by atoms with Gasteiger partial charge in [0.05, 0.1) is 16.7 Å². The van der Waals surface area contributed by atoms with Crippen molar-refractivity contribution in [3.8, 4) is 0 Å². The van der Waals surface area contributed by atoms with Crippen LogP contribution in [0.2, 0.25) is 0 Å². The first kappa shape index (κ1) is 21.1. The van der Waals surface area contributed by atoms with Crippen LogP contribution in [-0.4, -0.2) is 33.4 Å². The van der Waals surface area contributed by atoms with Crippen LogP contribution in [0.1, 0.15) is 46.2 Å². The van der Waals surface area contributed by atoms with Gasteiger partial charge in [-0.3, -0.25) is 4.79 Å². The van der Waals surface area contributed by atoms with E-state index >= 15 is 0 Å². The quantitative estimate of drug-likeness (QED) is 0.687. The first-order valence-corrected chi connectivity index (χ1v) is 8.85. The highest BCUT2D eigenvalue weighted by Crippen LogP contribution is 2.36. The van der Waals surface area contributed by atoms with Crippen LogP contribution in [0.4, 0.5) is 26.3 Å². The number of carbonyl (C=O) groups excluding carboxylic acids is 1. The minimum atomic E-state index is -4.89. The first-order chi connectivity index (χ1) is 13.4. The summed E-state index contributed by atoms with van der Waals surface area (Å²) in [6.45, 7) is 2.57. The monoisotopic (exact) mass is 417 g/mol. The molecule has 10 heteroatoms. The smallest absolute Gasteiger partial charge is 0.336 e. The number of benzene rings is 1. The fourth-order valence-corrected chi connectivity index (χ4v) is 3.00. The zero-order chi connectivity index (χ0) is 21.4. The molecular weight excluding hydrogens is 400 g/mol. The number of aromatic nitrogens is 2. The van der Waals surface area contributed by atoms with Gasteiger partial charge in [-0.1, -0.05) is 0 Å². The number of rotatable bonds is 4. The fraction of sp³-hybridized carbons (Fsp3) is 0.421. The maximum absolute atomic E-state index is 12.9. The predicted molar refractivity (Wildman–Crippen MR) is 91.0 cm³/mol. The van der Waals surface area contributed by atoms with Crippen molar-refractivity contribution in [1.82, 2.24) is 14.9 Å². The van der Waals surface area contributed by atoms with Crippen LogP contribution in [0.15, 0.2) is 30.6 Å². The van der Waals surface area contributed by atoms with Crippen LogP contribution < -0.4 is 0 Å². The average molecular weight is 417 g/mol. The molecular formula is C19H17F6N3O. The van der Waals surface area contributed by atoms with Gasteiger partial charge in [0.2, 0.25) is 0 Å². The number of hydrogen-bond acceptors (Lipinski definition) is 3. The Balaban J connectivity index is 1.73. The molecule has 0 spiro atoms. The highest BCUT2D eigenvalue weighted by atomic mass is 19.4. The van der Waals surface area contributed by atoms with E-state index in [0.717, 1.165) is 6.42 Å². The van der Waals surface area contributed by atoms with Gasteiger partial charge in [-0.25, -0.2) is 9.97 Å². The molecule has 1 aromatic heterocycles. The number of carbonyl (C=O) groups is 1. The molecule has 1 aliphatic rings. The molecule has 2 heterocycles. The zero-order valence-electron chi connectivity index (χ0n) is 15.3. The fourth-order valence-electron chi connectivity index (χ4n) is 3.00. The minimum absolute atomic E-state index is 0.0349. The Bertz CT molecular complexity index is 860. The van der Waals surface area contributed by atoms with Crippen LogP contribution in [-0.2, 0) is 25.2 Å². The number of alkyl halides is 6. The second-order valence-corrected chi connectivity index (χ2v) is 6.94. The summed E-state index contributed by atoms with van der Waals surface area (Å²) in [6.07, 6.45) is -6.28. The molecule has 3 rings (SSSR count). The van der Waals surface area contributed by atoms with Gasteiger partial charge in [-0.2, -0.15) is 26.3 Å². The average Bonchev–Trinajstić information content (AvgIpc) is 2.64. The normalized spacial score (nSPS) is 17.2. The van der Waals surface area contributed by atoms with Gasteiger partial charge in [-0.15, -0.1) is 0 Å². The molecule has 0 bridgehead atoms. The molecule has 0 saturated carbocycles. The van der Waals surface area contributed by atoms with Crippen molar-refractivity contribution in [2.75, 3.05) is 6.54 Å². The van der Waals surface area contributed by atoms with E-state index in [2.05, 4.69) is 9.97 Å². The summed E-state index contributed by atoms with van der Waals surface area (Å²) in [7, 11) is 0. The van der Waals surface area contributed by atoms with Gasteiger partial charge in [0.25, 0.3) is 5.91 Å². The van der Waals surface area contributed by atoms with Crippen molar-refractivity contribution in [1.29, 1.82) is 0 Å². The number of halogens is 6. The Kier molecular flexibility index (Phi) is 5.55. The molecule has 156 valence electrons. The van der Waals surface area contributed by atoms with Crippen molar-refractivity contribution in [3.05, 3.63) is 58.7 Å². The summed E-state index contributed by atoms with van der Waals surface area (Å²) < 4.78 is 77.5. The van der Waals surface area contributed by atoms with Crippen LogP contribution in [0.3, 0.4) is 0 Å². The molecule has 1 aliphatic heterocycles. The summed E-state index contributed by atoms with van der Waals surface area (Å²) >= 11 is 0. The molecule has 2 aromatic rings. The summed E-state index contributed by atoms with van der Waals surface area (Å²) in [5.74, 6) is 0.0205. The zero-order valence-corrected chi connectivity index (χ0v) is 15.3. The van der Waals surface area contributed by atoms with Gasteiger partial charge >= 0.3 is 12.4 Å². The second kappa shape index (κ2) is 7.64. The van der Waals surface area contributed by atoms with Crippen LogP contribution in [0.25, 0.3) is 0 Å². The van der Waals surface area contributed by atoms with E-state index in [0.29, 0.717) is 24.2 Å². The van der Waals surface area contributed by atoms with Gasteiger partial charge in [0.1, 0.15) is 5.82 Å². The van der Waals surface area contributed by atoms with Crippen molar-refractivity contribution < 1.29 is 31.1 Å². The summed E-state index contributed by atoms with van der Waals surface area (Å²) in [6, 6.07) is 1.62. The lowest BCUT2D eigenvalue weighted by Crippen LogP contribution is -2.49. The molecule has 0 N–H and O–H groups in total. The molecule has 1 atom stereocenters. The number of nitrogens with zero attached hydrogens (tertiary/aromatic N) is 3. The summed E-state index contributed by atoms with van der Waals surface area (Å²) in [5, 5.41) is 0. The molecule has 4 nitrogen and oxygen atoms in total. The largest absolute Gasteiger partial charge is 0.416 e. The maximum Gasteiger partial charge on any atom is 0.416 e. The molecule has 0 radical (unpaired) electrons. The SMILES string of the molecule is CC1CCN1C(=O)c1cnc(CCc2cc(C(F)(F)F)cc(C(F)(F)F)c2)nc1. The third-order valence-corrected chi connectivity index (χ3v) is 4.82. The molecule has 1 fully saturated rings. The standard InChI is InChI=1S/C19H17F6N3O/c1-11-4-5-28(11)17(29)13-9-26-16(27-10-13)3-2-12-6-14(18(20,21)22)8-15(7-12)19(23,24)25/h6-11H,2-5H2,1H3. The van der Waals surface area contributed by atoms with Crippen LogP contribution in [0, 0.1) is 0 Å². The highest BCUT2D eigenvalue weighted by Gasteiger charge is 2.36. The van der Waals surface area contributed by atoms with Gasteiger partial charge in [0.15, 0.2) is 0 Å². The Morgan fingerprint density at radius 1 is 1.00 bits per heavy atom. The predicted octanol–water partition coefficient (Wildman–Crippen LogP) is 4.53. The molecule has 1 amide bonds. The van der Waals surface area contributed by atoms with E-state index in [4.69, 9.17) is 0 Å². The summed E-state index contributed by atoms with van der Waals surface area (Å²) in [5.41, 5.74) is -2.54. The van der Waals surface area contributed by atoms with Crippen LogP contribution >= 0.6 is 0 Å². The minimum Gasteiger partial charge on any atom is -0.336 e. The van der Waals surface area contributed by atoms with E-state index in [9.17, 15) is 31.1 Å². The van der Waals surface area contributed by atoms with Gasteiger partial charge < -0.3 is 4.90 Å². The van der Waals surface area contributed by atoms with E-state index in [1.807, 2.05) is 6.92 Å². The number of likely N-dealkylation sites (tertiary alicyclic amines) is 1. The summed E-state index contributed by atoms with van der Waals surface area (Å²) in [4.78, 5) is 21.9. The van der Waals surface area contributed by atoms with Crippen molar-refractivity contribution >= 4 is 5.91 Å². The molecule has 29 heavy (non-hydrogen) atoms. The van der Waals surface area contributed by atoms with E-state index in [1.54, 1.807) is 4.90 Å².